The Labute approximate surface area is 207 Å². The minimum Gasteiger partial charge on any atom is -0.289 e. The van der Waals surface area contributed by atoms with Crippen LogP contribution >= 0.6 is 11.8 Å². The molecule has 2 heteroatoms. The highest BCUT2D eigenvalue weighted by molar-refractivity contribution is 7.99. The molecule has 1 nitrogen and oxygen atoms in total. The van der Waals surface area contributed by atoms with Crippen molar-refractivity contribution in [1.82, 2.24) is 0 Å². The number of hydrogen-bond donors (Lipinski definition) is 0. The molecule has 170 valence electrons. The fourth-order valence-corrected chi connectivity index (χ4v) is 6.42. The van der Waals surface area contributed by atoms with Gasteiger partial charge in [0.05, 0.1) is 0 Å². The van der Waals surface area contributed by atoms with E-state index in [0.717, 1.165) is 41.7 Å². The minimum atomic E-state index is 0.00188. The van der Waals surface area contributed by atoms with Crippen molar-refractivity contribution >= 4 is 17.5 Å². The Bertz CT molecular complexity index is 1300. The van der Waals surface area contributed by atoms with Gasteiger partial charge in [-0.1, -0.05) is 93.0 Å². The van der Waals surface area contributed by atoms with Gasteiger partial charge in [-0.25, -0.2) is 0 Å². The molecule has 0 bridgehead atoms. The van der Waals surface area contributed by atoms with E-state index in [1.54, 1.807) is 11.8 Å². The number of benzene rings is 4. The van der Waals surface area contributed by atoms with E-state index in [0.29, 0.717) is 0 Å². The number of rotatable bonds is 8. The topological polar surface area (TPSA) is 17.1 Å². The molecule has 0 fully saturated rings. The van der Waals surface area contributed by atoms with E-state index < -0.39 is 0 Å². The van der Waals surface area contributed by atoms with E-state index in [9.17, 15) is 4.79 Å². The minimum absolute atomic E-state index is 0.00188. The van der Waals surface area contributed by atoms with Gasteiger partial charge in [0.2, 0.25) is 0 Å². The van der Waals surface area contributed by atoms with Crippen molar-refractivity contribution in [3.05, 3.63) is 119 Å². The number of fused-ring (bicyclic) bond motifs is 3. The van der Waals surface area contributed by atoms with Crippen LogP contribution in [0.15, 0.2) is 107 Å². The molecule has 0 unspecified atom stereocenters. The molecule has 1 aliphatic carbocycles. The maximum absolute atomic E-state index is 13.5. The van der Waals surface area contributed by atoms with Crippen molar-refractivity contribution in [2.24, 2.45) is 0 Å². The summed E-state index contributed by atoms with van der Waals surface area (Å²) in [5.74, 6) is 0.0944. The molecule has 0 heterocycles. The molecule has 0 N–H and O–H groups in total. The van der Waals surface area contributed by atoms with Gasteiger partial charge in [-0.15, -0.1) is 0 Å². The summed E-state index contributed by atoms with van der Waals surface area (Å²) in [6.07, 6.45) is 4.45. The lowest BCUT2D eigenvalue weighted by molar-refractivity contribution is 0.103. The summed E-state index contributed by atoms with van der Waals surface area (Å²) < 4.78 is 0. The third-order valence-electron chi connectivity index (χ3n) is 6.98. The summed E-state index contributed by atoms with van der Waals surface area (Å²) in [7, 11) is 0. The van der Waals surface area contributed by atoms with Crippen LogP contribution in [0.3, 0.4) is 0 Å². The SMILES string of the molecule is CCCC1(CCC)c2ccccc2-c2ccc(C(=O)c3ccc(Sc4ccccc4)cc3)cc21. The van der Waals surface area contributed by atoms with Gasteiger partial charge in [0.15, 0.2) is 5.78 Å². The molecule has 0 amide bonds. The lowest BCUT2D eigenvalue weighted by Gasteiger charge is -2.32. The van der Waals surface area contributed by atoms with Crippen LogP contribution in [-0.2, 0) is 5.41 Å². The fraction of sp³-hybridized carbons (Fsp3) is 0.219. The molecular formula is C32H30OS. The number of carbonyl (C=O) groups is 1. The van der Waals surface area contributed by atoms with Gasteiger partial charge in [-0.3, -0.25) is 4.79 Å². The molecule has 0 spiro atoms. The molecule has 0 aliphatic heterocycles. The molecule has 5 rings (SSSR count). The molecule has 0 atom stereocenters. The van der Waals surface area contributed by atoms with Gasteiger partial charge in [-0.05, 0) is 77.6 Å². The molecule has 34 heavy (non-hydrogen) atoms. The normalized spacial score (nSPS) is 13.4. The molecule has 0 aromatic heterocycles. The van der Waals surface area contributed by atoms with Crippen molar-refractivity contribution in [3.63, 3.8) is 0 Å². The number of carbonyl (C=O) groups excluding carboxylic acids is 1. The van der Waals surface area contributed by atoms with E-state index in [1.165, 1.54) is 27.1 Å². The molecule has 0 saturated carbocycles. The van der Waals surface area contributed by atoms with Gasteiger partial charge >= 0.3 is 0 Å². The van der Waals surface area contributed by atoms with Crippen LogP contribution in [0.2, 0.25) is 0 Å². The van der Waals surface area contributed by atoms with Crippen molar-refractivity contribution in [2.75, 3.05) is 0 Å². The largest absolute Gasteiger partial charge is 0.289 e. The van der Waals surface area contributed by atoms with Crippen LogP contribution in [0, 0.1) is 0 Å². The van der Waals surface area contributed by atoms with E-state index in [4.69, 9.17) is 0 Å². The van der Waals surface area contributed by atoms with E-state index in [1.807, 2.05) is 48.5 Å². The van der Waals surface area contributed by atoms with E-state index in [2.05, 4.69) is 62.4 Å². The molecule has 1 aliphatic rings. The first-order valence-corrected chi connectivity index (χ1v) is 13.1. The summed E-state index contributed by atoms with van der Waals surface area (Å²) in [5.41, 5.74) is 6.92. The summed E-state index contributed by atoms with van der Waals surface area (Å²) in [6.45, 7) is 4.53. The van der Waals surface area contributed by atoms with Crippen LogP contribution in [0.25, 0.3) is 11.1 Å². The highest BCUT2D eigenvalue weighted by Crippen LogP contribution is 2.53. The van der Waals surface area contributed by atoms with Crippen molar-refractivity contribution < 1.29 is 4.79 Å². The van der Waals surface area contributed by atoms with Crippen molar-refractivity contribution in [2.45, 2.75) is 54.7 Å². The predicted octanol–water partition coefficient (Wildman–Crippen LogP) is 8.94. The van der Waals surface area contributed by atoms with Crippen LogP contribution in [-0.4, -0.2) is 5.78 Å². The molecule has 4 aromatic rings. The van der Waals surface area contributed by atoms with E-state index >= 15 is 0 Å². The summed E-state index contributed by atoms with van der Waals surface area (Å²) >= 11 is 1.71. The fourth-order valence-electron chi connectivity index (χ4n) is 5.58. The molecule has 0 saturated heterocycles. The van der Waals surface area contributed by atoms with Gasteiger partial charge in [0, 0.05) is 26.3 Å². The maximum Gasteiger partial charge on any atom is 0.193 e. The highest BCUT2D eigenvalue weighted by atomic mass is 32.2. The number of ketones is 1. The molecule has 4 aromatic carbocycles. The van der Waals surface area contributed by atoms with E-state index in [-0.39, 0.29) is 11.2 Å². The quantitative estimate of drug-likeness (QED) is 0.243. The Kier molecular flexibility index (Phi) is 6.43. The Morgan fingerprint density at radius 3 is 1.94 bits per heavy atom. The second-order valence-electron chi connectivity index (χ2n) is 9.16. The Balaban J connectivity index is 1.48. The standard InChI is InChI=1S/C32H30OS/c1-3-20-32(21-4-2)29-13-9-8-12-27(29)28-19-16-24(22-30(28)32)31(33)23-14-17-26(18-15-23)34-25-10-6-5-7-11-25/h5-19,22H,3-4,20-21H2,1-2H3. The van der Waals surface area contributed by atoms with Crippen LogP contribution in [0.5, 0.6) is 0 Å². The first kappa shape index (κ1) is 22.7. The first-order chi connectivity index (χ1) is 16.7. The zero-order valence-electron chi connectivity index (χ0n) is 19.9. The first-order valence-electron chi connectivity index (χ1n) is 12.3. The van der Waals surface area contributed by atoms with Crippen molar-refractivity contribution in [1.29, 1.82) is 0 Å². The Hall–Kier alpha value is -3.10. The number of hydrogen-bond acceptors (Lipinski definition) is 2. The zero-order chi connectivity index (χ0) is 23.5. The Morgan fingerprint density at radius 2 is 1.24 bits per heavy atom. The average molecular weight is 463 g/mol. The highest BCUT2D eigenvalue weighted by Gasteiger charge is 2.41. The van der Waals surface area contributed by atoms with Gasteiger partial charge < -0.3 is 0 Å². The zero-order valence-corrected chi connectivity index (χ0v) is 20.7. The van der Waals surface area contributed by atoms with Crippen LogP contribution in [0.4, 0.5) is 0 Å². The second kappa shape index (κ2) is 9.64. The summed E-state index contributed by atoms with van der Waals surface area (Å²) in [5, 5.41) is 0. The lowest BCUT2D eigenvalue weighted by Crippen LogP contribution is -2.25. The van der Waals surface area contributed by atoms with Gasteiger partial charge in [0.1, 0.15) is 0 Å². The molecule has 0 radical (unpaired) electrons. The summed E-state index contributed by atoms with van der Waals surface area (Å²) in [6, 6.07) is 33.5. The maximum atomic E-state index is 13.5. The molecular weight excluding hydrogens is 432 g/mol. The van der Waals surface area contributed by atoms with Gasteiger partial charge in [0.25, 0.3) is 0 Å². The van der Waals surface area contributed by atoms with Crippen LogP contribution < -0.4 is 0 Å². The smallest absolute Gasteiger partial charge is 0.193 e. The third kappa shape index (κ3) is 4.01. The summed E-state index contributed by atoms with van der Waals surface area (Å²) in [4.78, 5) is 15.8. The third-order valence-corrected chi connectivity index (χ3v) is 7.99. The van der Waals surface area contributed by atoms with Crippen molar-refractivity contribution in [3.8, 4) is 11.1 Å². The lowest BCUT2D eigenvalue weighted by atomic mass is 9.71. The van der Waals surface area contributed by atoms with Crippen LogP contribution in [0.1, 0.15) is 66.6 Å². The predicted molar refractivity (Wildman–Crippen MR) is 143 cm³/mol. The second-order valence-corrected chi connectivity index (χ2v) is 10.3. The van der Waals surface area contributed by atoms with Gasteiger partial charge in [-0.2, -0.15) is 0 Å². The Morgan fingerprint density at radius 1 is 0.647 bits per heavy atom. The monoisotopic (exact) mass is 462 g/mol. The average Bonchev–Trinajstić information content (AvgIpc) is 3.14.